The summed E-state index contributed by atoms with van der Waals surface area (Å²) in [5, 5.41) is 9.83. The molecule has 34 heavy (non-hydrogen) atoms. The maximum absolute atomic E-state index is 12.9. The van der Waals surface area contributed by atoms with Crippen LogP contribution < -0.4 is 16.2 Å². The van der Waals surface area contributed by atoms with E-state index in [1.165, 1.54) is 0 Å². The number of rotatable bonds is 5. The van der Waals surface area contributed by atoms with Crippen molar-refractivity contribution in [2.24, 2.45) is 5.92 Å². The van der Waals surface area contributed by atoms with Crippen molar-refractivity contribution in [2.75, 3.05) is 6.61 Å². The lowest BCUT2D eigenvalue weighted by molar-refractivity contribution is -0.123. The van der Waals surface area contributed by atoms with Crippen LogP contribution in [-0.4, -0.2) is 40.3 Å². The third-order valence-electron chi connectivity index (χ3n) is 6.01. The van der Waals surface area contributed by atoms with E-state index in [1.807, 2.05) is 0 Å². The number of nitrogens with zero attached hydrogens (tertiary/aromatic N) is 2. The first-order valence-corrected chi connectivity index (χ1v) is 11.3. The summed E-state index contributed by atoms with van der Waals surface area (Å²) in [7, 11) is 0. The van der Waals surface area contributed by atoms with Gasteiger partial charge in [-0.15, -0.1) is 0 Å². The molecule has 3 aromatic rings. The summed E-state index contributed by atoms with van der Waals surface area (Å²) in [6, 6.07) is 14.6. The van der Waals surface area contributed by atoms with E-state index >= 15 is 0 Å². The summed E-state index contributed by atoms with van der Waals surface area (Å²) in [6.07, 6.45) is 4.07. The highest BCUT2D eigenvalue weighted by Crippen LogP contribution is 2.23. The maximum atomic E-state index is 12.9. The number of ether oxygens (including phenoxy) is 1. The van der Waals surface area contributed by atoms with Crippen LogP contribution in [0.5, 0.6) is 0 Å². The number of hydrogen-bond donors (Lipinski definition) is 2. The van der Waals surface area contributed by atoms with Crippen molar-refractivity contribution in [1.82, 2.24) is 20.4 Å². The number of aromatic nitrogens is 2. The van der Waals surface area contributed by atoms with Gasteiger partial charge in [0.2, 0.25) is 0 Å². The molecule has 4 rings (SSSR count). The molecule has 9 heteroatoms. The van der Waals surface area contributed by atoms with Gasteiger partial charge in [-0.1, -0.05) is 56.2 Å². The Bertz CT molecular complexity index is 1270. The topological polar surface area (TPSA) is 119 Å². The second-order valence-electron chi connectivity index (χ2n) is 8.41. The van der Waals surface area contributed by atoms with Crippen molar-refractivity contribution in [3.05, 3.63) is 70.6 Å². The molecule has 0 spiro atoms. The standard InChI is InChI=1S/C25H26N4O5/c1-16-9-5-8-14-20(16)26-25(33)27-21(30)15-34-24(32)22-18-12-6-7-13-19(18)23(31)29(28-22)17-10-3-2-4-11-17/h2-4,6-7,10-13,16,20H,5,8-9,14-15H2,1H3,(H2,26,27,30,33). The lowest BCUT2D eigenvalue weighted by Gasteiger charge is -2.29. The molecule has 2 aromatic carbocycles. The fourth-order valence-corrected chi connectivity index (χ4v) is 4.18. The lowest BCUT2D eigenvalue weighted by Crippen LogP contribution is -2.48. The van der Waals surface area contributed by atoms with Crippen molar-refractivity contribution in [3.63, 3.8) is 0 Å². The third kappa shape index (κ3) is 5.14. The molecule has 1 aliphatic carbocycles. The van der Waals surface area contributed by atoms with Gasteiger partial charge in [-0.25, -0.2) is 9.59 Å². The third-order valence-corrected chi connectivity index (χ3v) is 6.01. The number of carbonyl (C=O) groups is 3. The second-order valence-corrected chi connectivity index (χ2v) is 8.41. The van der Waals surface area contributed by atoms with Gasteiger partial charge in [0.25, 0.3) is 11.5 Å². The number of amides is 3. The van der Waals surface area contributed by atoms with E-state index in [2.05, 4.69) is 22.7 Å². The van der Waals surface area contributed by atoms with Crippen LogP contribution in [0.1, 0.15) is 43.1 Å². The van der Waals surface area contributed by atoms with E-state index in [4.69, 9.17) is 4.74 Å². The van der Waals surface area contributed by atoms with Gasteiger partial charge in [-0.05, 0) is 37.0 Å². The minimum Gasteiger partial charge on any atom is -0.451 e. The van der Waals surface area contributed by atoms with Crippen molar-refractivity contribution >= 4 is 28.7 Å². The fourth-order valence-electron chi connectivity index (χ4n) is 4.18. The lowest BCUT2D eigenvalue weighted by atomic mass is 9.86. The van der Waals surface area contributed by atoms with Gasteiger partial charge in [0.05, 0.1) is 11.1 Å². The SMILES string of the molecule is CC1CCCCC1NC(=O)NC(=O)COC(=O)c1nn(-c2ccccc2)c(=O)c2ccccc12. The zero-order valence-corrected chi connectivity index (χ0v) is 18.8. The average Bonchev–Trinajstić information content (AvgIpc) is 2.85. The van der Waals surface area contributed by atoms with Crippen LogP contribution in [-0.2, 0) is 9.53 Å². The molecule has 1 heterocycles. The van der Waals surface area contributed by atoms with Crippen molar-refractivity contribution in [2.45, 2.75) is 38.6 Å². The van der Waals surface area contributed by atoms with E-state index in [0.717, 1.165) is 30.4 Å². The van der Waals surface area contributed by atoms with Gasteiger partial charge >= 0.3 is 12.0 Å². The normalized spacial score (nSPS) is 17.7. The number of fused-ring (bicyclic) bond motifs is 1. The van der Waals surface area contributed by atoms with Crippen molar-refractivity contribution in [1.29, 1.82) is 0 Å². The van der Waals surface area contributed by atoms with Crippen LogP contribution in [0.2, 0.25) is 0 Å². The Hall–Kier alpha value is -4.01. The molecular formula is C25H26N4O5. The molecule has 1 saturated carbocycles. The summed E-state index contributed by atoms with van der Waals surface area (Å²) in [5.74, 6) is -1.29. The highest BCUT2D eigenvalue weighted by Gasteiger charge is 2.24. The van der Waals surface area contributed by atoms with Gasteiger partial charge in [0.1, 0.15) is 0 Å². The molecule has 0 bridgehead atoms. The molecule has 176 valence electrons. The molecule has 9 nitrogen and oxygen atoms in total. The minimum absolute atomic E-state index is 0.0127. The van der Waals surface area contributed by atoms with Crippen LogP contribution in [0.25, 0.3) is 16.5 Å². The van der Waals surface area contributed by atoms with E-state index in [-0.39, 0.29) is 17.3 Å². The van der Waals surface area contributed by atoms with Crippen LogP contribution in [0.3, 0.4) is 0 Å². The molecule has 0 aliphatic heterocycles. The predicted molar refractivity (Wildman–Crippen MR) is 126 cm³/mol. The largest absolute Gasteiger partial charge is 0.451 e. The summed E-state index contributed by atoms with van der Waals surface area (Å²) < 4.78 is 6.25. The molecule has 1 aromatic heterocycles. The van der Waals surface area contributed by atoms with E-state index in [1.54, 1.807) is 54.6 Å². The quantitative estimate of drug-likeness (QED) is 0.563. The molecular weight excluding hydrogens is 436 g/mol. The highest BCUT2D eigenvalue weighted by atomic mass is 16.5. The van der Waals surface area contributed by atoms with Gasteiger partial charge < -0.3 is 10.1 Å². The van der Waals surface area contributed by atoms with Crippen LogP contribution in [0, 0.1) is 5.92 Å². The number of hydrogen-bond acceptors (Lipinski definition) is 6. The predicted octanol–water partition coefficient (Wildman–Crippen LogP) is 2.95. The Morgan fingerprint density at radius 1 is 1.00 bits per heavy atom. The summed E-state index contributed by atoms with van der Waals surface area (Å²) >= 11 is 0. The van der Waals surface area contributed by atoms with Crippen LogP contribution >= 0.6 is 0 Å². The Morgan fingerprint density at radius 3 is 2.41 bits per heavy atom. The first-order valence-electron chi connectivity index (χ1n) is 11.3. The monoisotopic (exact) mass is 462 g/mol. The van der Waals surface area contributed by atoms with Gasteiger partial charge in [0.15, 0.2) is 12.3 Å². The molecule has 0 saturated heterocycles. The molecule has 0 radical (unpaired) electrons. The van der Waals surface area contributed by atoms with E-state index < -0.39 is 24.5 Å². The van der Waals surface area contributed by atoms with E-state index in [0.29, 0.717) is 22.4 Å². The summed E-state index contributed by atoms with van der Waals surface area (Å²) in [6.45, 7) is 1.41. The van der Waals surface area contributed by atoms with Gasteiger partial charge in [-0.2, -0.15) is 9.78 Å². The van der Waals surface area contributed by atoms with Crippen molar-refractivity contribution < 1.29 is 19.1 Å². The Morgan fingerprint density at radius 2 is 1.68 bits per heavy atom. The summed E-state index contributed by atoms with van der Waals surface area (Å²) in [5.41, 5.74) is -0.00398. The zero-order chi connectivity index (χ0) is 24.1. The molecule has 1 fully saturated rings. The zero-order valence-electron chi connectivity index (χ0n) is 18.8. The molecule has 3 amide bonds. The Balaban J connectivity index is 1.46. The molecule has 2 N–H and O–H groups in total. The first-order chi connectivity index (χ1) is 16.4. The number of carbonyl (C=O) groups excluding carboxylic acids is 3. The maximum Gasteiger partial charge on any atom is 0.359 e. The number of nitrogens with one attached hydrogen (secondary N) is 2. The summed E-state index contributed by atoms with van der Waals surface area (Å²) in [4.78, 5) is 50.1. The van der Waals surface area contributed by atoms with Gasteiger partial charge in [0, 0.05) is 11.4 Å². The second kappa shape index (κ2) is 10.3. The highest BCUT2D eigenvalue weighted by molar-refractivity contribution is 6.03. The smallest absolute Gasteiger partial charge is 0.359 e. The number of benzene rings is 2. The average molecular weight is 463 g/mol. The first kappa shape index (κ1) is 23.2. The molecule has 2 unspecified atom stereocenters. The molecule has 2 atom stereocenters. The molecule has 1 aliphatic rings. The number of urea groups is 1. The number of para-hydroxylation sites is 1. The Labute approximate surface area is 196 Å². The van der Waals surface area contributed by atoms with Crippen LogP contribution in [0.15, 0.2) is 59.4 Å². The van der Waals surface area contributed by atoms with Crippen molar-refractivity contribution in [3.8, 4) is 5.69 Å². The van der Waals surface area contributed by atoms with Crippen LogP contribution in [0.4, 0.5) is 4.79 Å². The van der Waals surface area contributed by atoms with Gasteiger partial charge in [-0.3, -0.25) is 14.9 Å². The minimum atomic E-state index is -0.877. The fraction of sp³-hybridized carbons (Fsp3) is 0.320. The number of imide groups is 1. The van der Waals surface area contributed by atoms with E-state index in [9.17, 15) is 19.2 Å². The number of esters is 1. The Kier molecular flexibility index (Phi) is 7.01.